The number of carbonyl (C=O) groups excluding carboxylic acids is 3. The molecule has 1 aromatic carbocycles. The van der Waals surface area contributed by atoms with Gasteiger partial charge in [-0.2, -0.15) is 0 Å². The second-order valence-corrected chi connectivity index (χ2v) is 5.83. The largest absolute Gasteiger partial charge is 0.481 e. The Morgan fingerprint density at radius 3 is 2.19 bits per heavy atom. The van der Waals surface area contributed by atoms with Crippen LogP contribution in [0.5, 0.6) is 0 Å². The number of primary amides is 1. The van der Waals surface area contributed by atoms with Crippen molar-refractivity contribution in [2.75, 3.05) is 5.73 Å². The normalized spacial score (nSPS) is 13.8. The summed E-state index contributed by atoms with van der Waals surface area (Å²) in [5.41, 5.74) is 14.0. The minimum absolute atomic E-state index is 0.00439. The summed E-state index contributed by atoms with van der Waals surface area (Å²) in [6, 6.07) is 4.02. The molecule has 0 bridgehead atoms. The Bertz CT molecular complexity index is 780. The molecular weight excluding hydrogens is 360 g/mol. The molecule has 11 heteroatoms. The number of benzene rings is 1. The number of para-hydroxylation sites is 1. The quantitative estimate of drug-likeness (QED) is 0.157. The molecule has 0 aliphatic heterocycles. The van der Waals surface area contributed by atoms with Gasteiger partial charge in [0, 0.05) is 17.7 Å². The van der Waals surface area contributed by atoms with E-state index in [0.29, 0.717) is 0 Å². The van der Waals surface area contributed by atoms with E-state index in [1.807, 2.05) is 5.32 Å². The number of nitrogens with two attached hydrogens (primary N) is 3. The van der Waals surface area contributed by atoms with Gasteiger partial charge in [0.15, 0.2) is 11.3 Å². The predicted molar refractivity (Wildman–Crippen MR) is 92.4 cm³/mol. The Kier molecular flexibility index (Phi) is 7.00. The van der Waals surface area contributed by atoms with Crippen LogP contribution < -0.4 is 22.5 Å². The molecule has 1 rings (SSSR count). The number of rotatable bonds is 10. The number of hydrogen-bond acceptors (Lipinski definition) is 7. The Morgan fingerprint density at radius 1 is 1.11 bits per heavy atom. The fraction of sp³-hybridized carbons (Fsp3) is 0.312. The maximum absolute atomic E-state index is 12.8. The van der Waals surface area contributed by atoms with Crippen LogP contribution >= 0.6 is 0 Å². The fourth-order valence-corrected chi connectivity index (χ4v) is 2.29. The van der Waals surface area contributed by atoms with Crippen molar-refractivity contribution < 1.29 is 34.2 Å². The monoisotopic (exact) mass is 380 g/mol. The first-order valence-electron chi connectivity index (χ1n) is 7.71. The molecule has 2 atom stereocenters. The molecule has 0 radical (unpaired) electrons. The van der Waals surface area contributed by atoms with Crippen molar-refractivity contribution in [2.45, 2.75) is 30.8 Å². The Labute approximate surface area is 153 Å². The molecule has 146 valence electrons. The number of amides is 2. The molecule has 0 unspecified atom stereocenters. The van der Waals surface area contributed by atoms with E-state index in [4.69, 9.17) is 27.4 Å². The molecular formula is C16H20N4O7. The second kappa shape index (κ2) is 8.76. The third kappa shape index (κ3) is 5.51. The molecule has 27 heavy (non-hydrogen) atoms. The first-order chi connectivity index (χ1) is 12.5. The number of nitrogen functional groups attached to an aromatic ring is 1. The van der Waals surface area contributed by atoms with Gasteiger partial charge in [0.25, 0.3) is 0 Å². The predicted octanol–water partition coefficient (Wildman–Crippen LogP) is -1.54. The standard InChI is InChI=1S/C16H20N4O7/c17-9-4-2-1-3-8(9)13(24)16(19,7-11(18)21)15(27)20-10(14(25)26)5-6-12(22)23/h1-4,10H,5-7,17,19H2,(H2,18,21)(H,20,27)(H,22,23)(H,25,26)/t10-,16+/m0/s1. The van der Waals surface area contributed by atoms with Gasteiger partial charge in [-0.05, 0) is 18.6 Å². The molecule has 11 nitrogen and oxygen atoms in total. The summed E-state index contributed by atoms with van der Waals surface area (Å²) in [7, 11) is 0. The van der Waals surface area contributed by atoms with Crippen molar-refractivity contribution >= 4 is 35.2 Å². The van der Waals surface area contributed by atoms with Crippen LogP contribution in [0.4, 0.5) is 5.69 Å². The van der Waals surface area contributed by atoms with E-state index in [1.54, 1.807) is 0 Å². The van der Waals surface area contributed by atoms with E-state index < -0.39 is 60.4 Å². The number of carbonyl (C=O) groups is 5. The highest BCUT2D eigenvalue weighted by Gasteiger charge is 2.45. The van der Waals surface area contributed by atoms with Gasteiger partial charge in [0.2, 0.25) is 11.8 Å². The van der Waals surface area contributed by atoms with Gasteiger partial charge < -0.3 is 32.7 Å². The van der Waals surface area contributed by atoms with Crippen LogP contribution in [-0.2, 0) is 19.2 Å². The third-order valence-electron chi connectivity index (χ3n) is 3.72. The smallest absolute Gasteiger partial charge is 0.326 e. The summed E-state index contributed by atoms with van der Waals surface area (Å²) in [6.07, 6.45) is -1.91. The van der Waals surface area contributed by atoms with E-state index in [1.165, 1.54) is 24.3 Å². The maximum atomic E-state index is 12.8. The fourth-order valence-electron chi connectivity index (χ4n) is 2.29. The number of carboxylic acid groups (broad SMARTS) is 2. The highest BCUT2D eigenvalue weighted by atomic mass is 16.4. The van der Waals surface area contributed by atoms with Crippen molar-refractivity contribution in [1.29, 1.82) is 0 Å². The van der Waals surface area contributed by atoms with Crippen molar-refractivity contribution in [1.82, 2.24) is 5.32 Å². The van der Waals surface area contributed by atoms with Crippen LogP contribution in [0.2, 0.25) is 0 Å². The second-order valence-electron chi connectivity index (χ2n) is 5.83. The molecule has 0 spiro atoms. The van der Waals surface area contributed by atoms with E-state index in [-0.39, 0.29) is 11.3 Å². The molecule has 0 aliphatic carbocycles. The summed E-state index contributed by atoms with van der Waals surface area (Å²) in [6.45, 7) is 0. The van der Waals surface area contributed by atoms with Crippen molar-refractivity contribution in [2.24, 2.45) is 11.5 Å². The van der Waals surface area contributed by atoms with Crippen LogP contribution in [0.1, 0.15) is 29.6 Å². The first-order valence-corrected chi connectivity index (χ1v) is 7.71. The lowest BCUT2D eigenvalue weighted by Gasteiger charge is -2.27. The average Bonchev–Trinajstić information content (AvgIpc) is 2.56. The van der Waals surface area contributed by atoms with Crippen LogP contribution in [0.25, 0.3) is 0 Å². The number of hydrogen-bond donors (Lipinski definition) is 6. The molecule has 2 amide bonds. The SMILES string of the molecule is NC(=O)C[C@](N)(C(=O)N[C@@H](CCC(=O)O)C(=O)O)C(=O)c1ccccc1N. The summed E-state index contributed by atoms with van der Waals surface area (Å²) in [4.78, 5) is 58.6. The van der Waals surface area contributed by atoms with E-state index in [0.717, 1.165) is 0 Å². The molecule has 0 aliphatic rings. The molecule has 0 aromatic heterocycles. The highest BCUT2D eigenvalue weighted by Crippen LogP contribution is 2.21. The van der Waals surface area contributed by atoms with Crippen LogP contribution in [0.15, 0.2) is 24.3 Å². The number of anilines is 1. The maximum Gasteiger partial charge on any atom is 0.326 e. The number of carboxylic acids is 2. The lowest BCUT2D eigenvalue weighted by atomic mass is 9.85. The van der Waals surface area contributed by atoms with E-state index in [2.05, 4.69) is 0 Å². The Morgan fingerprint density at radius 2 is 1.70 bits per heavy atom. The van der Waals surface area contributed by atoms with Gasteiger partial charge in [-0.15, -0.1) is 0 Å². The first kappa shape index (κ1) is 21.6. The number of nitrogens with one attached hydrogen (secondary N) is 1. The highest BCUT2D eigenvalue weighted by molar-refractivity contribution is 6.21. The zero-order chi connectivity index (χ0) is 20.8. The van der Waals surface area contributed by atoms with Crippen molar-refractivity contribution in [3.8, 4) is 0 Å². The van der Waals surface area contributed by atoms with Gasteiger partial charge in [0.1, 0.15) is 6.04 Å². The molecule has 0 heterocycles. The summed E-state index contributed by atoms with van der Waals surface area (Å²) in [5.74, 6) is -6.20. The molecule has 9 N–H and O–H groups in total. The minimum atomic E-state index is -2.52. The van der Waals surface area contributed by atoms with Crippen LogP contribution in [0.3, 0.4) is 0 Å². The average molecular weight is 380 g/mol. The lowest BCUT2D eigenvalue weighted by Crippen LogP contribution is -2.63. The Hall–Kier alpha value is -3.47. The zero-order valence-electron chi connectivity index (χ0n) is 14.2. The topological polar surface area (TPSA) is 216 Å². The summed E-state index contributed by atoms with van der Waals surface area (Å²) < 4.78 is 0. The zero-order valence-corrected chi connectivity index (χ0v) is 14.2. The summed E-state index contributed by atoms with van der Waals surface area (Å²) >= 11 is 0. The minimum Gasteiger partial charge on any atom is -0.481 e. The number of aliphatic carboxylic acids is 2. The van der Waals surface area contributed by atoms with Gasteiger partial charge in [0.05, 0.1) is 6.42 Å². The molecule has 0 saturated carbocycles. The van der Waals surface area contributed by atoms with Gasteiger partial charge in [-0.3, -0.25) is 19.2 Å². The lowest BCUT2D eigenvalue weighted by molar-refractivity contribution is -0.143. The van der Waals surface area contributed by atoms with Crippen LogP contribution in [0, 0.1) is 0 Å². The van der Waals surface area contributed by atoms with Crippen LogP contribution in [-0.4, -0.2) is 51.3 Å². The van der Waals surface area contributed by atoms with Gasteiger partial charge in [-0.1, -0.05) is 12.1 Å². The van der Waals surface area contributed by atoms with E-state index >= 15 is 0 Å². The third-order valence-corrected chi connectivity index (χ3v) is 3.72. The number of ketones is 1. The number of Topliss-reactive ketones (excluding diaryl/α,β-unsaturated/α-hetero) is 1. The summed E-state index contributed by atoms with van der Waals surface area (Å²) in [5, 5.41) is 19.8. The van der Waals surface area contributed by atoms with Crippen molar-refractivity contribution in [3.05, 3.63) is 29.8 Å². The molecule has 1 aromatic rings. The molecule has 0 saturated heterocycles. The van der Waals surface area contributed by atoms with Gasteiger partial charge in [-0.25, -0.2) is 4.79 Å². The van der Waals surface area contributed by atoms with Gasteiger partial charge >= 0.3 is 11.9 Å². The van der Waals surface area contributed by atoms with E-state index in [9.17, 15) is 24.0 Å². The molecule has 0 fully saturated rings. The van der Waals surface area contributed by atoms with Crippen molar-refractivity contribution in [3.63, 3.8) is 0 Å². The Balaban J connectivity index is 3.20.